The van der Waals surface area contributed by atoms with Crippen molar-refractivity contribution in [1.29, 1.82) is 0 Å². The Hall–Kier alpha value is -1.36. The Morgan fingerprint density at radius 3 is 3.17 bits per heavy atom. The van der Waals surface area contributed by atoms with Crippen LogP contribution in [0.25, 0.3) is 0 Å². The summed E-state index contributed by atoms with van der Waals surface area (Å²) in [6.45, 7) is 3.68. The standard InChI is InChI=1S/C13H20N4O/c18-13(3-6-16-7-5-14-10-16)17-8-11-2-1-4-15-12(11)9-17/h5,7,10-12,15H,1-4,6,8-9H2/t11-,12+/m0/s1. The van der Waals surface area contributed by atoms with Crippen LogP contribution in [-0.4, -0.2) is 46.0 Å². The molecule has 98 valence electrons. The number of imidazole rings is 1. The van der Waals surface area contributed by atoms with E-state index in [1.165, 1.54) is 12.8 Å². The van der Waals surface area contributed by atoms with Crippen molar-refractivity contribution in [3.63, 3.8) is 0 Å². The Morgan fingerprint density at radius 1 is 1.44 bits per heavy atom. The minimum Gasteiger partial charge on any atom is -0.341 e. The van der Waals surface area contributed by atoms with Crippen LogP contribution in [0.4, 0.5) is 0 Å². The molecule has 0 spiro atoms. The second-order valence-electron chi connectivity index (χ2n) is 5.31. The maximum atomic E-state index is 12.1. The van der Waals surface area contributed by atoms with Crippen molar-refractivity contribution in [2.75, 3.05) is 19.6 Å². The highest BCUT2D eigenvalue weighted by molar-refractivity contribution is 5.76. The summed E-state index contributed by atoms with van der Waals surface area (Å²) in [6.07, 6.45) is 8.51. The van der Waals surface area contributed by atoms with Crippen LogP contribution in [0.2, 0.25) is 0 Å². The van der Waals surface area contributed by atoms with Gasteiger partial charge in [0, 0.05) is 44.5 Å². The lowest BCUT2D eigenvalue weighted by molar-refractivity contribution is -0.130. The second-order valence-corrected chi connectivity index (χ2v) is 5.31. The van der Waals surface area contributed by atoms with Gasteiger partial charge in [-0.05, 0) is 25.3 Å². The first kappa shape index (κ1) is 11.7. The number of likely N-dealkylation sites (tertiary alicyclic amines) is 1. The van der Waals surface area contributed by atoms with Crippen LogP contribution < -0.4 is 5.32 Å². The molecule has 1 N–H and O–H groups in total. The second kappa shape index (κ2) is 5.10. The largest absolute Gasteiger partial charge is 0.341 e. The first-order chi connectivity index (χ1) is 8.83. The zero-order valence-electron chi connectivity index (χ0n) is 10.6. The van der Waals surface area contributed by atoms with Gasteiger partial charge in [-0.3, -0.25) is 4.79 Å². The minimum atomic E-state index is 0.278. The number of carbonyl (C=O) groups is 1. The van der Waals surface area contributed by atoms with E-state index in [0.29, 0.717) is 18.4 Å². The fraction of sp³-hybridized carbons (Fsp3) is 0.692. The molecule has 0 aliphatic carbocycles. The molecule has 3 heterocycles. The number of carbonyl (C=O) groups excluding carboxylic acids is 1. The van der Waals surface area contributed by atoms with Gasteiger partial charge in [0.15, 0.2) is 0 Å². The highest BCUT2D eigenvalue weighted by Gasteiger charge is 2.35. The summed E-state index contributed by atoms with van der Waals surface area (Å²) in [5.74, 6) is 0.954. The molecule has 0 saturated carbocycles. The molecule has 2 aliphatic rings. The Bertz CT molecular complexity index is 389. The molecule has 0 radical (unpaired) electrons. The Kier molecular flexibility index (Phi) is 3.32. The van der Waals surface area contributed by atoms with E-state index in [2.05, 4.69) is 10.3 Å². The first-order valence-electron chi connectivity index (χ1n) is 6.80. The van der Waals surface area contributed by atoms with Crippen LogP contribution in [0.15, 0.2) is 18.7 Å². The number of nitrogens with zero attached hydrogens (tertiary/aromatic N) is 3. The minimum absolute atomic E-state index is 0.278. The smallest absolute Gasteiger partial charge is 0.224 e. The van der Waals surface area contributed by atoms with Gasteiger partial charge in [-0.15, -0.1) is 0 Å². The summed E-state index contributed by atoms with van der Waals surface area (Å²) in [5.41, 5.74) is 0. The average molecular weight is 248 g/mol. The van der Waals surface area contributed by atoms with Crippen molar-refractivity contribution in [3.05, 3.63) is 18.7 Å². The molecule has 2 aliphatic heterocycles. The molecule has 1 amide bonds. The fourth-order valence-electron chi connectivity index (χ4n) is 3.05. The fourth-order valence-corrected chi connectivity index (χ4v) is 3.05. The number of fused-ring (bicyclic) bond motifs is 1. The molecule has 3 rings (SSSR count). The summed E-state index contributed by atoms with van der Waals surface area (Å²) >= 11 is 0. The lowest BCUT2D eigenvalue weighted by atomic mass is 9.94. The van der Waals surface area contributed by atoms with Crippen LogP contribution in [0.1, 0.15) is 19.3 Å². The van der Waals surface area contributed by atoms with E-state index >= 15 is 0 Å². The van der Waals surface area contributed by atoms with E-state index in [1.54, 1.807) is 12.5 Å². The molecule has 2 saturated heterocycles. The van der Waals surface area contributed by atoms with E-state index in [9.17, 15) is 4.79 Å². The Labute approximate surface area is 107 Å². The van der Waals surface area contributed by atoms with Gasteiger partial charge in [-0.25, -0.2) is 4.98 Å². The van der Waals surface area contributed by atoms with E-state index in [1.807, 2.05) is 15.7 Å². The van der Waals surface area contributed by atoms with Crippen molar-refractivity contribution in [3.8, 4) is 0 Å². The van der Waals surface area contributed by atoms with Gasteiger partial charge in [-0.1, -0.05) is 0 Å². The van der Waals surface area contributed by atoms with E-state index in [0.717, 1.165) is 26.2 Å². The molecule has 0 aromatic carbocycles. The predicted octanol–water partition coefficient (Wildman–Crippen LogP) is 0.484. The van der Waals surface area contributed by atoms with E-state index in [-0.39, 0.29) is 5.91 Å². The molecular formula is C13H20N4O. The lowest BCUT2D eigenvalue weighted by Crippen LogP contribution is -2.41. The number of piperidine rings is 1. The molecule has 2 fully saturated rings. The van der Waals surface area contributed by atoms with Crippen LogP contribution in [0.3, 0.4) is 0 Å². The Morgan fingerprint density at radius 2 is 2.39 bits per heavy atom. The third-order valence-corrected chi connectivity index (χ3v) is 4.09. The van der Waals surface area contributed by atoms with Gasteiger partial charge in [0.25, 0.3) is 0 Å². The summed E-state index contributed by atoms with van der Waals surface area (Å²) in [7, 11) is 0. The molecule has 2 atom stereocenters. The maximum Gasteiger partial charge on any atom is 0.224 e. The third kappa shape index (κ3) is 2.41. The topological polar surface area (TPSA) is 50.2 Å². The van der Waals surface area contributed by atoms with Gasteiger partial charge in [0.1, 0.15) is 0 Å². The zero-order chi connectivity index (χ0) is 12.4. The highest BCUT2D eigenvalue weighted by atomic mass is 16.2. The summed E-state index contributed by atoms with van der Waals surface area (Å²) in [4.78, 5) is 18.2. The van der Waals surface area contributed by atoms with Crippen molar-refractivity contribution in [1.82, 2.24) is 19.8 Å². The molecule has 5 heteroatoms. The molecule has 18 heavy (non-hydrogen) atoms. The number of aryl methyl sites for hydroxylation is 1. The summed E-state index contributed by atoms with van der Waals surface area (Å²) in [6, 6.07) is 0.538. The molecule has 0 unspecified atom stereocenters. The van der Waals surface area contributed by atoms with Crippen LogP contribution >= 0.6 is 0 Å². The van der Waals surface area contributed by atoms with Gasteiger partial charge in [-0.2, -0.15) is 0 Å². The van der Waals surface area contributed by atoms with Crippen LogP contribution in [0, 0.1) is 5.92 Å². The third-order valence-electron chi connectivity index (χ3n) is 4.09. The quantitative estimate of drug-likeness (QED) is 0.846. The summed E-state index contributed by atoms with van der Waals surface area (Å²) < 4.78 is 1.96. The zero-order valence-corrected chi connectivity index (χ0v) is 10.6. The van der Waals surface area contributed by atoms with Gasteiger partial charge < -0.3 is 14.8 Å². The number of amides is 1. The van der Waals surface area contributed by atoms with E-state index in [4.69, 9.17) is 0 Å². The maximum absolute atomic E-state index is 12.1. The first-order valence-corrected chi connectivity index (χ1v) is 6.80. The number of hydrogen-bond acceptors (Lipinski definition) is 3. The van der Waals surface area contributed by atoms with Gasteiger partial charge >= 0.3 is 0 Å². The summed E-state index contributed by atoms with van der Waals surface area (Å²) in [5, 5.41) is 3.53. The number of rotatable bonds is 3. The number of aromatic nitrogens is 2. The predicted molar refractivity (Wildman–Crippen MR) is 67.9 cm³/mol. The molecule has 1 aromatic rings. The number of hydrogen-bond donors (Lipinski definition) is 1. The van der Waals surface area contributed by atoms with Crippen molar-refractivity contribution in [2.45, 2.75) is 31.8 Å². The van der Waals surface area contributed by atoms with Crippen LogP contribution in [0.5, 0.6) is 0 Å². The number of nitrogens with one attached hydrogen (secondary N) is 1. The molecule has 0 bridgehead atoms. The van der Waals surface area contributed by atoms with Crippen molar-refractivity contribution in [2.24, 2.45) is 5.92 Å². The monoisotopic (exact) mass is 248 g/mol. The molecule has 5 nitrogen and oxygen atoms in total. The van der Waals surface area contributed by atoms with E-state index < -0.39 is 0 Å². The highest BCUT2D eigenvalue weighted by Crippen LogP contribution is 2.25. The van der Waals surface area contributed by atoms with Gasteiger partial charge in [0.05, 0.1) is 6.33 Å². The Balaban J connectivity index is 1.51. The lowest BCUT2D eigenvalue weighted by Gasteiger charge is -2.24. The normalized spacial score (nSPS) is 27.2. The van der Waals surface area contributed by atoms with Crippen molar-refractivity contribution >= 4 is 5.91 Å². The van der Waals surface area contributed by atoms with Crippen LogP contribution in [-0.2, 0) is 11.3 Å². The molecule has 1 aromatic heterocycles. The van der Waals surface area contributed by atoms with Crippen molar-refractivity contribution < 1.29 is 4.79 Å². The molecular weight excluding hydrogens is 228 g/mol. The van der Waals surface area contributed by atoms with Gasteiger partial charge in [0.2, 0.25) is 5.91 Å². The average Bonchev–Trinajstić information content (AvgIpc) is 3.04. The SMILES string of the molecule is O=C(CCn1ccnc1)N1C[C@@H]2CCCN[C@@H]2C1.